The van der Waals surface area contributed by atoms with E-state index in [4.69, 9.17) is 45.3 Å². The maximum Gasteiger partial charge on any atom is 0.281 e. The lowest BCUT2D eigenvalue weighted by atomic mass is 10.1. The number of hydrogen-bond acceptors (Lipinski definition) is 3. The highest BCUT2D eigenvalue weighted by Crippen LogP contribution is 2.20. The zero-order chi connectivity index (χ0) is 18.4. The van der Waals surface area contributed by atoms with E-state index in [9.17, 15) is 9.18 Å². The lowest BCUT2D eigenvalue weighted by molar-refractivity contribution is 0.1000. The van der Waals surface area contributed by atoms with E-state index in [2.05, 4.69) is 9.98 Å². The second-order valence-electron chi connectivity index (χ2n) is 4.92. The van der Waals surface area contributed by atoms with Gasteiger partial charge in [0.25, 0.3) is 5.91 Å². The zero-order valence-electron chi connectivity index (χ0n) is 12.8. The Bertz CT molecular complexity index is 815. The highest BCUT2D eigenvalue weighted by atomic mass is 35.5. The molecule has 0 unspecified atom stereocenters. The molecule has 0 aliphatic rings. The second-order valence-corrected chi connectivity index (χ2v) is 6.09. The van der Waals surface area contributed by atoms with Gasteiger partial charge in [-0.15, -0.1) is 0 Å². The molecule has 0 aliphatic carbocycles. The molecular formula is C16H13Cl3FN3O2. The fourth-order valence-electron chi connectivity index (χ4n) is 1.90. The quantitative estimate of drug-likeness (QED) is 0.342. The molecule has 2 aromatic rings. The number of benzene rings is 1. The molecule has 1 amide bonds. The van der Waals surface area contributed by atoms with E-state index in [1.807, 2.05) is 0 Å². The number of aliphatic imine (C=N–C) groups is 1. The molecular weight excluding hydrogens is 392 g/mol. The van der Waals surface area contributed by atoms with Crippen molar-refractivity contribution in [2.45, 2.75) is 6.42 Å². The van der Waals surface area contributed by atoms with Crippen LogP contribution in [0.1, 0.15) is 15.9 Å². The Labute approximate surface area is 158 Å². The highest BCUT2D eigenvalue weighted by Gasteiger charge is 2.12. The smallest absolute Gasteiger partial charge is 0.281 e. The molecule has 1 aromatic heterocycles. The van der Waals surface area contributed by atoms with Crippen molar-refractivity contribution in [3.63, 3.8) is 0 Å². The molecule has 1 heterocycles. The SMILES string of the molecule is NC(COCCc1cccc(F)c1Cl)=NC(=O)c1cc(Cl)cnc1Cl. The summed E-state index contributed by atoms with van der Waals surface area (Å²) in [4.78, 5) is 19.4. The highest BCUT2D eigenvalue weighted by molar-refractivity contribution is 6.34. The summed E-state index contributed by atoms with van der Waals surface area (Å²) >= 11 is 17.4. The first-order valence-electron chi connectivity index (χ1n) is 7.07. The molecule has 132 valence electrons. The van der Waals surface area contributed by atoms with Gasteiger partial charge in [-0.3, -0.25) is 4.79 Å². The average Bonchev–Trinajstić information content (AvgIpc) is 2.57. The first-order chi connectivity index (χ1) is 11.9. The number of carbonyl (C=O) groups excluding carboxylic acids is 1. The van der Waals surface area contributed by atoms with Gasteiger partial charge in [-0.2, -0.15) is 4.99 Å². The van der Waals surface area contributed by atoms with E-state index in [-0.39, 0.29) is 39.8 Å². The summed E-state index contributed by atoms with van der Waals surface area (Å²) in [5.41, 5.74) is 6.32. The van der Waals surface area contributed by atoms with Crippen LogP contribution in [0.3, 0.4) is 0 Å². The summed E-state index contributed by atoms with van der Waals surface area (Å²) < 4.78 is 18.6. The number of halogens is 4. The number of hydrogen-bond donors (Lipinski definition) is 1. The van der Waals surface area contributed by atoms with Gasteiger partial charge < -0.3 is 10.5 Å². The zero-order valence-corrected chi connectivity index (χ0v) is 15.1. The summed E-state index contributed by atoms with van der Waals surface area (Å²) in [5, 5.41) is 0.295. The minimum absolute atomic E-state index is 0.0207. The molecule has 0 spiro atoms. The van der Waals surface area contributed by atoms with Crippen molar-refractivity contribution in [2.24, 2.45) is 10.7 Å². The van der Waals surface area contributed by atoms with Crippen LogP contribution in [0.25, 0.3) is 0 Å². The Kier molecular flexibility index (Phi) is 7.13. The molecule has 0 bridgehead atoms. The molecule has 2 N–H and O–H groups in total. The fraction of sp³-hybridized carbons (Fsp3) is 0.188. The number of amidine groups is 1. The first-order valence-corrected chi connectivity index (χ1v) is 8.21. The van der Waals surface area contributed by atoms with Crippen LogP contribution in [0.5, 0.6) is 0 Å². The Morgan fingerprint density at radius 2 is 2.08 bits per heavy atom. The second kappa shape index (κ2) is 9.10. The monoisotopic (exact) mass is 403 g/mol. The number of nitrogens with zero attached hydrogens (tertiary/aromatic N) is 2. The van der Waals surface area contributed by atoms with Crippen molar-refractivity contribution < 1.29 is 13.9 Å². The number of amides is 1. The molecule has 9 heteroatoms. The normalized spacial score (nSPS) is 11.6. The van der Waals surface area contributed by atoms with Crippen LogP contribution in [0.2, 0.25) is 15.2 Å². The average molecular weight is 405 g/mol. The topological polar surface area (TPSA) is 77.6 Å². The van der Waals surface area contributed by atoms with E-state index in [0.29, 0.717) is 12.0 Å². The first kappa shape index (κ1) is 19.6. The molecule has 25 heavy (non-hydrogen) atoms. The van der Waals surface area contributed by atoms with Gasteiger partial charge in [0.2, 0.25) is 0 Å². The van der Waals surface area contributed by atoms with Crippen molar-refractivity contribution >= 4 is 46.5 Å². The Morgan fingerprint density at radius 3 is 2.84 bits per heavy atom. The number of carbonyl (C=O) groups is 1. The summed E-state index contributed by atoms with van der Waals surface area (Å²) in [6.07, 6.45) is 1.70. The van der Waals surface area contributed by atoms with Gasteiger partial charge in [0.05, 0.1) is 22.2 Å². The number of pyridine rings is 1. The van der Waals surface area contributed by atoms with Gasteiger partial charge in [0.1, 0.15) is 23.4 Å². The minimum Gasteiger partial charge on any atom is -0.385 e. The third-order valence-electron chi connectivity index (χ3n) is 3.08. The summed E-state index contributed by atoms with van der Waals surface area (Å²) in [5.74, 6) is -1.20. The summed E-state index contributed by atoms with van der Waals surface area (Å²) in [6, 6.07) is 5.89. The van der Waals surface area contributed by atoms with Crippen LogP contribution in [-0.4, -0.2) is 29.9 Å². The predicted molar refractivity (Wildman–Crippen MR) is 96.1 cm³/mol. The van der Waals surface area contributed by atoms with E-state index in [0.717, 1.165) is 0 Å². The van der Waals surface area contributed by atoms with E-state index in [1.165, 1.54) is 18.3 Å². The standard InChI is InChI=1S/C16H13Cl3FN3O2/c17-10-6-11(15(19)22-7-10)16(24)23-13(21)8-25-5-4-9-2-1-3-12(20)14(9)18/h1-3,6-7H,4-5,8H2,(H2,21,23,24). The van der Waals surface area contributed by atoms with Crippen molar-refractivity contribution in [1.29, 1.82) is 0 Å². The number of ether oxygens (including phenoxy) is 1. The third kappa shape index (κ3) is 5.64. The summed E-state index contributed by atoms with van der Waals surface area (Å²) in [7, 11) is 0. The van der Waals surface area contributed by atoms with Crippen molar-refractivity contribution in [3.8, 4) is 0 Å². The van der Waals surface area contributed by atoms with E-state index >= 15 is 0 Å². The van der Waals surface area contributed by atoms with Crippen LogP contribution in [-0.2, 0) is 11.2 Å². The Hall–Kier alpha value is -1.73. The molecule has 0 saturated carbocycles. The maximum atomic E-state index is 13.3. The maximum absolute atomic E-state index is 13.3. The molecule has 5 nitrogen and oxygen atoms in total. The van der Waals surface area contributed by atoms with Gasteiger partial charge in [0, 0.05) is 6.20 Å². The molecule has 0 fully saturated rings. The molecule has 2 rings (SSSR count). The largest absolute Gasteiger partial charge is 0.385 e. The molecule has 0 atom stereocenters. The van der Waals surface area contributed by atoms with Crippen LogP contribution in [0, 0.1) is 5.82 Å². The van der Waals surface area contributed by atoms with Crippen LogP contribution < -0.4 is 5.73 Å². The Morgan fingerprint density at radius 1 is 1.32 bits per heavy atom. The lowest BCUT2D eigenvalue weighted by Crippen LogP contribution is -2.21. The number of aromatic nitrogens is 1. The van der Waals surface area contributed by atoms with Gasteiger partial charge >= 0.3 is 0 Å². The van der Waals surface area contributed by atoms with Crippen LogP contribution >= 0.6 is 34.8 Å². The predicted octanol–water partition coefficient (Wildman–Crippen LogP) is 3.94. The molecule has 0 aliphatic heterocycles. The molecule has 0 saturated heterocycles. The summed E-state index contributed by atoms with van der Waals surface area (Å²) in [6.45, 7) is 0.150. The van der Waals surface area contributed by atoms with Gasteiger partial charge in [-0.05, 0) is 24.1 Å². The van der Waals surface area contributed by atoms with Crippen molar-refractivity contribution in [1.82, 2.24) is 4.98 Å². The number of nitrogens with two attached hydrogens (primary N) is 1. The molecule has 0 radical (unpaired) electrons. The number of rotatable bonds is 6. The minimum atomic E-state index is -0.672. The van der Waals surface area contributed by atoms with Crippen LogP contribution in [0.15, 0.2) is 35.5 Å². The van der Waals surface area contributed by atoms with Crippen molar-refractivity contribution in [2.75, 3.05) is 13.2 Å². The third-order valence-corrected chi connectivity index (χ3v) is 4.01. The van der Waals surface area contributed by atoms with Crippen LogP contribution in [0.4, 0.5) is 4.39 Å². The van der Waals surface area contributed by atoms with E-state index in [1.54, 1.807) is 12.1 Å². The van der Waals surface area contributed by atoms with E-state index < -0.39 is 11.7 Å². The molecule has 1 aromatic carbocycles. The fourth-order valence-corrected chi connectivity index (χ4v) is 2.46. The van der Waals surface area contributed by atoms with Crippen molar-refractivity contribution in [3.05, 3.63) is 62.6 Å². The van der Waals surface area contributed by atoms with Gasteiger partial charge in [0.15, 0.2) is 0 Å². The lowest BCUT2D eigenvalue weighted by Gasteiger charge is -2.06. The van der Waals surface area contributed by atoms with Gasteiger partial charge in [-0.1, -0.05) is 46.9 Å². The Balaban J connectivity index is 1.88. The van der Waals surface area contributed by atoms with Gasteiger partial charge in [-0.25, -0.2) is 9.37 Å².